The lowest BCUT2D eigenvalue weighted by molar-refractivity contribution is 0.0505. The monoisotopic (exact) mass is 383 g/mol. The van der Waals surface area contributed by atoms with Crippen LogP contribution < -0.4 is 10.1 Å². The molecule has 2 aromatic rings. The van der Waals surface area contributed by atoms with Crippen LogP contribution in [0.5, 0.6) is 5.75 Å². The Morgan fingerprint density at radius 3 is 2.32 bits per heavy atom. The minimum Gasteiger partial charge on any atom is -0.493 e. The van der Waals surface area contributed by atoms with E-state index in [1.165, 1.54) is 12.8 Å². The molecule has 5 heteroatoms. The number of carbonyl (C=O) groups is 2. The fraction of sp³-hybridized carbons (Fsp3) is 0.391. The topological polar surface area (TPSA) is 64.6 Å². The van der Waals surface area contributed by atoms with Crippen LogP contribution in [0.15, 0.2) is 48.5 Å². The van der Waals surface area contributed by atoms with E-state index in [4.69, 9.17) is 9.47 Å². The van der Waals surface area contributed by atoms with Gasteiger partial charge in [-0.05, 0) is 49.2 Å². The number of benzene rings is 2. The highest BCUT2D eigenvalue weighted by Crippen LogP contribution is 2.20. The lowest BCUT2D eigenvalue weighted by Crippen LogP contribution is -2.14. The molecule has 0 heterocycles. The molecule has 0 fully saturated rings. The van der Waals surface area contributed by atoms with E-state index in [9.17, 15) is 9.59 Å². The van der Waals surface area contributed by atoms with Crippen LogP contribution in [-0.4, -0.2) is 25.1 Å². The van der Waals surface area contributed by atoms with Gasteiger partial charge in [-0.15, -0.1) is 0 Å². The summed E-state index contributed by atoms with van der Waals surface area (Å²) in [6.45, 7) is 5.10. The number of rotatable bonds is 11. The number of hydrogen-bond donors (Lipinski definition) is 1. The molecule has 0 aliphatic heterocycles. The van der Waals surface area contributed by atoms with E-state index in [-0.39, 0.29) is 11.9 Å². The van der Waals surface area contributed by atoms with Gasteiger partial charge < -0.3 is 14.8 Å². The lowest BCUT2D eigenvalue weighted by atomic mass is 10.1. The fourth-order valence-electron chi connectivity index (χ4n) is 2.66. The van der Waals surface area contributed by atoms with E-state index in [1.54, 1.807) is 30.3 Å². The smallest absolute Gasteiger partial charge is 0.338 e. The first-order valence-corrected chi connectivity index (χ1v) is 9.96. The molecule has 0 bridgehead atoms. The first-order valence-electron chi connectivity index (χ1n) is 9.96. The maximum absolute atomic E-state index is 12.6. The number of esters is 1. The Hall–Kier alpha value is -2.82. The van der Waals surface area contributed by atoms with Gasteiger partial charge >= 0.3 is 5.97 Å². The van der Waals surface area contributed by atoms with Crippen molar-refractivity contribution in [2.75, 3.05) is 18.5 Å². The van der Waals surface area contributed by atoms with Gasteiger partial charge in [0, 0.05) is 5.69 Å². The standard InChI is InChI=1S/C23H29NO4/c1-3-5-6-9-17-27-21-11-8-7-10-20(21)22(25)24-19-14-12-18(13-15-19)23(26)28-16-4-2/h7-8,10-15H,3-6,9,16-17H2,1-2H3,(H,24,25). The minimum absolute atomic E-state index is 0.245. The number of anilines is 1. The first kappa shape index (κ1) is 21.5. The normalized spacial score (nSPS) is 10.4. The lowest BCUT2D eigenvalue weighted by Gasteiger charge is -2.12. The van der Waals surface area contributed by atoms with Crippen LogP contribution in [0.4, 0.5) is 5.69 Å². The van der Waals surface area contributed by atoms with Crippen LogP contribution in [-0.2, 0) is 4.74 Å². The quantitative estimate of drug-likeness (QED) is 0.413. The number of unbranched alkanes of at least 4 members (excludes halogenated alkanes) is 3. The number of ether oxygens (including phenoxy) is 2. The maximum Gasteiger partial charge on any atom is 0.338 e. The molecule has 0 radical (unpaired) electrons. The Bertz CT molecular complexity index is 755. The van der Waals surface area contributed by atoms with Gasteiger partial charge in [0.05, 0.1) is 24.3 Å². The molecule has 0 spiro atoms. The van der Waals surface area contributed by atoms with E-state index in [0.717, 1.165) is 19.3 Å². The van der Waals surface area contributed by atoms with Gasteiger partial charge in [0.15, 0.2) is 0 Å². The van der Waals surface area contributed by atoms with Crippen molar-refractivity contribution < 1.29 is 19.1 Å². The molecule has 0 saturated carbocycles. The highest BCUT2D eigenvalue weighted by atomic mass is 16.5. The van der Waals surface area contributed by atoms with Crippen molar-refractivity contribution in [3.8, 4) is 5.75 Å². The summed E-state index contributed by atoms with van der Waals surface area (Å²) < 4.78 is 10.9. The molecule has 0 unspecified atom stereocenters. The Balaban J connectivity index is 1.96. The SMILES string of the molecule is CCCCCCOc1ccccc1C(=O)Nc1ccc(C(=O)OCCC)cc1. The summed E-state index contributed by atoms with van der Waals surface area (Å²) in [5.74, 6) is -0.0247. The molecular formula is C23H29NO4. The van der Waals surface area contributed by atoms with Crippen LogP contribution in [0.25, 0.3) is 0 Å². The first-order chi connectivity index (χ1) is 13.7. The van der Waals surface area contributed by atoms with Gasteiger partial charge in [0.25, 0.3) is 5.91 Å². The van der Waals surface area contributed by atoms with Crippen molar-refractivity contribution in [2.45, 2.75) is 46.0 Å². The highest BCUT2D eigenvalue weighted by Gasteiger charge is 2.13. The number of para-hydroxylation sites is 1. The Morgan fingerprint density at radius 1 is 0.857 bits per heavy atom. The van der Waals surface area contributed by atoms with E-state index in [1.807, 2.05) is 25.1 Å². The van der Waals surface area contributed by atoms with Gasteiger partial charge in [-0.2, -0.15) is 0 Å². The molecule has 2 rings (SSSR count). The van der Waals surface area contributed by atoms with Crippen LogP contribution >= 0.6 is 0 Å². The Labute approximate surface area is 167 Å². The Kier molecular flexibility index (Phi) is 9.05. The summed E-state index contributed by atoms with van der Waals surface area (Å²) in [4.78, 5) is 24.5. The van der Waals surface area contributed by atoms with E-state index >= 15 is 0 Å². The second-order valence-electron chi connectivity index (χ2n) is 6.57. The average Bonchev–Trinajstić information content (AvgIpc) is 2.72. The molecule has 28 heavy (non-hydrogen) atoms. The van der Waals surface area contributed by atoms with Gasteiger partial charge in [-0.3, -0.25) is 4.79 Å². The van der Waals surface area contributed by atoms with Crippen molar-refractivity contribution in [2.24, 2.45) is 0 Å². The van der Waals surface area contributed by atoms with Crippen LogP contribution in [0.2, 0.25) is 0 Å². The summed E-state index contributed by atoms with van der Waals surface area (Å²) in [6.07, 6.45) is 5.23. The molecule has 0 aliphatic rings. The second kappa shape index (κ2) is 11.8. The molecule has 0 aliphatic carbocycles. The largest absolute Gasteiger partial charge is 0.493 e. The number of carbonyl (C=O) groups excluding carboxylic acids is 2. The molecule has 0 aromatic heterocycles. The van der Waals surface area contributed by atoms with E-state index < -0.39 is 0 Å². The van der Waals surface area contributed by atoms with E-state index in [2.05, 4.69) is 12.2 Å². The van der Waals surface area contributed by atoms with Crippen molar-refractivity contribution in [1.29, 1.82) is 0 Å². The molecule has 5 nitrogen and oxygen atoms in total. The molecule has 1 amide bonds. The summed E-state index contributed by atoms with van der Waals surface area (Å²) >= 11 is 0. The zero-order valence-electron chi connectivity index (χ0n) is 16.7. The molecule has 1 N–H and O–H groups in total. The predicted molar refractivity (Wildman–Crippen MR) is 111 cm³/mol. The van der Waals surface area contributed by atoms with Crippen molar-refractivity contribution in [3.63, 3.8) is 0 Å². The third-order valence-corrected chi connectivity index (χ3v) is 4.20. The molecule has 0 saturated heterocycles. The van der Waals surface area contributed by atoms with Crippen LogP contribution in [0.3, 0.4) is 0 Å². The number of amides is 1. The molecular weight excluding hydrogens is 354 g/mol. The highest BCUT2D eigenvalue weighted by molar-refractivity contribution is 6.06. The van der Waals surface area contributed by atoms with E-state index in [0.29, 0.717) is 35.8 Å². The van der Waals surface area contributed by atoms with Crippen molar-refractivity contribution >= 4 is 17.6 Å². The summed E-state index contributed by atoms with van der Waals surface area (Å²) in [7, 11) is 0. The minimum atomic E-state index is -0.360. The van der Waals surface area contributed by atoms with Gasteiger partial charge in [-0.1, -0.05) is 45.2 Å². The van der Waals surface area contributed by atoms with Gasteiger partial charge in [0.2, 0.25) is 0 Å². The summed E-state index contributed by atoms with van der Waals surface area (Å²) in [6, 6.07) is 13.9. The maximum atomic E-state index is 12.6. The van der Waals surface area contributed by atoms with Gasteiger partial charge in [0.1, 0.15) is 5.75 Å². The second-order valence-corrected chi connectivity index (χ2v) is 6.57. The van der Waals surface area contributed by atoms with Gasteiger partial charge in [-0.25, -0.2) is 4.79 Å². The molecule has 150 valence electrons. The molecule has 0 atom stereocenters. The third-order valence-electron chi connectivity index (χ3n) is 4.20. The third kappa shape index (κ3) is 6.72. The summed E-state index contributed by atoms with van der Waals surface area (Å²) in [5, 5.41) is 2.85. The van der Waals surface area contributed by atoms with Crippen molar-refractivity contribution in [1.82, 2.24) is 0 Å². The van der Waals surface area contributed by atoms with Crippen molar-refractivity contribution in [3.05, 3.63) is 59.7 Å². The average molecular weight is 383 g/mol. The zero-order valence-corrected chi connectivity index (χ0v) is 16.7. The van der Waals surface area contributed by atoms with Crippen LogP contribution in [0.1, 0.15) is 66.7 Å². The molecule has 2 aromatic carbocycles. The summed E-state index contributed by atoms with van der Waals surface area (Å²) in [5.41, 5.74) is 1.56. The Morgan fingerprint density at radius 2 is 1.61 bits per heavy atom. The van der Waals surface area contributed by atoms with Crippen LogP contribution in [0, 0.1) is 0 Å². The number of hydrogen-bond acceptors (Lipinski definition) is 4. The predicted octanol–water partition coefficient (Wildman–Crippen LogP) is 5.46. The fourth-order valence-corrected chi connectivity index (χ4v) is 2.66. The zero-order chi connectivity index (χ0) is 20.2. The number of nitrogens with one attached hydrogen (secondary N) is 1.